The third kappa shape index (κ3) is 4.73. The molecule has 0 atom stereocenters. The summed E-state index contributed by atoms with van der Waals surface area (Å²) in [5.74, 6) is -0.171. The highest BCUT2D eigenvalue weighted by Gasteiger charge is 2.17. The van der Waals surface area contributed by atoms with Crippen LogP contribution in [0.5, 0.6) is 0 Å². The Hall–Kier alpha value is -2.35. The fourth-order valence-electron chi connectivity index (χ4n) is 2.43. The van der Waals surface area contributed by atoms with Crippen molar-refractivity contribution in [2.75, 3.05) is 11.1 Å². The Bertz CT molecular complexity index is 1020. The van der Waals surface area contributed by atoms with Crippen LogP contribution in [0.15, 0.2) is 60.3 Å². The third-order valence-electron chi connectivity index (χ3n) is 3.68. The highest BCUT2D eigenvalue weighted by Crippen LogP contribution is 2.27. The van der Waals surface area contributed by atoms with E-state index in [0.29, 0.717) is 38.8 Å². The number of benzene rings is 2. The maximum atomic E-state index is 14.1. The van der Waals surface area contributed by atoms with Gasteiger partial charge >= 0.3 is 0 Å². The number of carbonyl (C=O) groups is 1. The summed E-state index contributed by atoms with van der Waals surface area (Å²) in [5.41, 5.74) is 0.878. The zero-order valence-corrected chi connectivity index (χ0v) is 16.9. The summed E-state index contributed by atoms with van der Waals surface area (Å²) in [6.45, 7) is 4.10. The van der Waals surface area contributed by atoms with Gasteiger partial charge in [0.25, 0.3) is 0 Å². The topological polar surface area (TPSA) is 59.8 Å². The van der Waals surface area contributed by atoms with E-state index >= 15 is 0 Å². The van der Waals surface area contributed by atoms with Crippen LogP contribution in [0.2, 0.25) is 10.0 Å². The van der Waals surface area contributed by atoms with Crippen LogP contribution in [-0.2, 0) is 11.3 Å². The normalized spacial score (nSPS) is 10.7. The monoisotopic (exact) mass is 436 g/mol. The van der Waals surface area contributed by atoms with Gasteiger partial charge in [-0.2, -0.15) is 0 Å². The molecule has 0 bridgehead atoms. The minimum Gasteiger partial charge on any atom is -0.325 e. The summed E-state index contributed by atoms with van der Waals surface area (Å²) in [6, 6.07) is 11.2. The molecule has 0 saturated carbocycles. The molecular formula is C19H15Cl2FN4OS. The smallest absolute Gasteiger partial charge is 0.234 e. The first-order chi connectivity index (χ1) is 13.5. The number of allylic oxidation sites excluding steroid dienone is 1. The van der Waals surface area contributed by atoms with E-state index in [1.807, 2.05) is 0 Å². The average molecular weight is 437 g/mol. The Balaban J connectivity index is 1.73. The fourth-order valence-corrected chi connectivity index (χ4v) is 3.48. The third-order valence-corrected chi connectivity index (χ3v) is 5.38. The average Bonchev–Trinajstić information content (AvgIpc) is 3.06. The summed E-state index contributed by atoms with van der Waals surface area (Å²) in [6.07, 6.45) is 1.66. The lowest BCUT2D eigenvalue weighted by Crippen LogP contribution is -2.14. The van der Waals surface area contributed by atoms with Crippen LogP contribution in [0, 0.1) is 5.82 Å². The van der Waals surface area contributed by atoms with Crippen molar-refractivity contribution < 1.29 is 9.18 Å². The Labute approximate surface area is 175 Å². The summed E-state index contributed by atoms with van der Waals surface area (Å²) in [7, 11) is 0. The van der Waals surface area contributed by atoms with Gasteiger partial charge in [-0.25, -0.2) is 4.39 Å². The van der Waals surface area contributed by atoms with Crippen LogP contribution in [0.4, 0.5) is 10.1 Å². The highest BCUT2D eigenvalue weighted by atomic mass is 35.5. The molecule has 144 valence electrons. The maximum Gasteiger partial charge on any atom is 0.234 e. The number of nitrogens with one attached hydrogen (secondary N) is 1. The van der Waals surface area contributed by atoms with Crippen molar-refractivity contribution in [3.63, 3.8) is 0 Å². The van der Waals surface area contributed by atoms with Gasteiger partial charge in [0.05, 0.1) is 21.4 Å². The van der Waals surface area contributed by atoms with Crippen LogP contribution in [0.3, 0.4) is 0 Å². The molecular weight excluding hydrogens is 422 g/mol. The number of anilines is 1. The van der Waals surface area contributed by atoms with Gasteiger partial charge in [-0.15, -0.1) is 16.8 Å². The van der Waals surface area contributed by atoms with Gasteiger partial charge in [0.2, 0.25) is 5.91 Å². The number of thioether (sulfide) groups is 1. The molecule has 0 unspecified atom stereocenters. The molecule has 0 saturated heterocycles. The summed E-state index contributed by atoms with van der Waals surface area (Å²) >= 11 is 13.0. The van der Waals surface area contributed by atoms with Gasteiger partial charge in [-0.1, -0.05) is 53.2 Å². The number of hydrogen-bond acceptors (Lipinski definition) is 4. The van der Waals surface area contributed by atoms with E-state index in [1.54, 1.807) is 47.0 Å². The molecule has 2 aromatic carbocycles. The van der Waals surface area contributed by atoms with E-state index in [2.05, 4.69) is 22.1 Å². The minimum atomic E-state index is -0.394. The van der Waals surface area contributed by atoms with Crippen molar-refractivity contribution in [2.45, 2.75) is 11.7 Å². The lowest BCUT2D eigenvalue weighted by atomic mass is 10.2. The largest absolute Gasteiger partial charge is 0.325 e. The Kier molecular flexibility index (Phi) is 6.72. The fraction of sp³-hybridized carbons (Fsp3) is 0.105. The lowest BCUT2D eigenvalue weighted by molar-refractivity contribution is -0.113. The highest BCUT2D eigenvalue weighted by molar-refractivity contribution is 7.99. The molecule has 0 radical (unpaired) electrons. The van der Waals surface area contributed by atoms with E-state index in [4.69, 9.17) is 23.2 Å². The number of rotatable bonds is 7. The molecule has 3 rings (SSSR count). The van der Waals surface area contributed by atoms with Gasteiger partial charge in [0.1, 0.15) is 5.82 Å². The van der Waals surface area contributed by atoms with E-state index in [0.717, 1.165) is 0 Å². The van der Waals surface area contributed by atoms with Crippen LogP contribution in [0.1, 0.15) is 0 Å². The van der Waals surface area contributed by atoms with Crippen molar-refractivity contribution in [1.29, 1.82) is 0 Å². The molecule has 3 aromatic rings. The molecule has 1 heterocycles. The lowest BCUT2D eigenvalue weighted by Gasteiger charge is -2.09. The molecule has 9 heteroatoms. The van der Waals surface area contributed by atoms with Crippen molar-refractivity contribution in [1.82, 2.24) is 14.8 Å². The SMILES string of the molecule is C=CCn1c(SCC(=O)Nc2ccc(Cl)c(Cl)c2)nnc1-c1ccccc1F. The Morgan fingerprint density at radius 1 is 1.21 bits per heavy atom. The Morgan fingerprint density at radius 2 is 2.00 bits per heavy atom. The number of hydrogen-bond donors (Lipinski definition) is 1. The number of halogens is 3. The number of aromatic nitrogens is 3. The standard InChI is InChI=1S/C19H15Cl2FN4OS/c1-2-9-26-18(13-5-3-4-6-16(13)22)24-25-19(26)28-11-17(27)23-12-7-8-14(20)15(21)10-12/h2-8,10H,1,9,11H2,(H,23,27). The molecule has 0 spiro atoms. The first kappa shape index (κ1) is 20.4. The quantitative estimate of drug-likeness (QED) is 0.402. The zero-order valence-electron chi connectivity index (χ0n) is 14.5. The molecule has 1 N–H and O–H groups in total. The van der Waals surface area contributed by atoms with Gasteiger partial charge in [-0.05, 0) is 30.3 Å². The van der Waals surface area contributed by atoms with Gasteiger partial charge < -0.3 is 5.32 Å². The molecule has 0 aliphatic rings. The number of carbonyl (C=O) groups excluding carboxylic acids is 1. The number of nitrogens with zero attached hydrogens (tertiary/aromatic N) is 3. The van der Waals surface area contributed by atoms with Crippen LogP contribution in [-0.4, -0.2) is 26.4 Å². The zero-order chi connectivity index (χ0) is 20.1. The molecule has 0 aliphatic carbocycles. The van der Waals surface area contributed by atoms with Crippen LogP contribution < -0.4 is 5.32 Å². The van der Waals surface area contributed by atoms with Crippen molar-refractivity contribution in [3.8, 4) is 11.4 Å². The van der Waals surface area contributed by atoms with E-state index in [1.165, 1.54) is 17.8 Å². The maximum absolute atomic E-state index is 14.1. The second kappa shape index (κ2) is 9.23. The van der Waals surface area contributed by atoms with Crippen molar-refractivity contribution >= 4 is 46.6 Å². The van der Waals surface area contributed by atoms with E-state index < -0.39 is 5.82 Å². The van der Waals surface area contributed by atoms with Crippen LogP contribution in [0.25, 0.3) is 11.4 Å². The minimum absolute atomic E-state index is 0.0901. The summed E-state index contributed by atoms with van der Waals surface area (Å²) in [5, 5.41) is 12.2. The second-order valence-corrected chi connectivity index (χ2v) is 7.41. The van der Waals surface area contributed by atoms with Crippen molar-refractivity contribution in [2.24, 2.45) is 0 Å². The molecule has 1 amide bonds. The van der Waals surface area contributed by atoms with Crippen LogP contribution >= 0.6 is 35.0 Å². The van der Waals surface area contributed by atoms with Gasteiger partial charge in [-0.3, -0.25) is 9.36 Å². The summed E-state index contributed by atoms with van der Waals surface area (Å²) in [4.78, 5) is 12.2. The molecule has 5 nitrogen and oxygen atoms in total. The molecule has 0 aliphatic heterocycles. The second-order valence-electron chi connectivity index (χ2n) is 5.65. The van der Waals surface area contributed by atoms with Crippen molar-refractivity contribution in [3.05, 3.63) is 71.0 Å². The van der Waals surface area contributed by atoms with Gasteiger partial charge in [0.15, 0.2) is 11.0 Å². The molecule has 1 aromatic heterocycles. The molecule has 28 heavy (non-hydrogen) atoms. The first-order valence-corrected chi connectivity index (χ1v) is 9.90. The summed E-state index contributed by atoms with van der Waals surface area (Å²) < 4.78 is 15.8. The molecule has 0 fully saturated rings. The van der Waals surface area contributed by atoms with E-state index in [-0.39, 0.29) is 11.7 Å². The van der Waals surface area contributed by atoms with E-state index in [9.17, 15) is 9.18 Å². The Morgan fingerprint density at radius 3 is 2.71 bits per heavy atom. The predicted molar refractivity (Wildman–Crippen MR) is 111 cm³/mol. The predicted octanol–water partition coefficient (Wildman–Crippen LogP) is 5.31. The van der Waals surface area contributed by atoms with Gasteiger partial charge in [0, 0.05) is 12.2 Å². The number of amides is 1. The first-order valence-electron chi connectivity index (χ1n) is 8.16.